The van der Waals surface area contributed by atoms with Crippen molar-refractivity contribution in [2.45, 2.75) is 0 Å². The monoisotopic (exact) mass is 350 g/mol. The van der Waals surface area contributed by atoms with E-state index in [9.17, 15) is 9.18 Å². The van der Waals surface area contributed by atoms with Crippen LogP contribution < -0.4 is 5.32 Å². The van der Waals surface area contributed by atoms with Crippen molar-refractivity contribution in [3.63, 3.8) is 0 Å². The number of rotatable bonds is 2. The van der Waals surface area contributed by atoms with Crippen LogP contribution in [0, 0.1) is 5.82 Å². The number of thiazole rings is 1. The van der Waals surface area contributed by atoms with Gasteiger partial charge in [-0.25, -0.2) is 9.37 Å². The van der Waals surface area contributed by atoms with Gasteiger partial charge in [0.25, 0.3) is 5.91 Å². The lowest BCUT2D eigenvalue weighted by Gasteiger charge is -2.06. The Labute approximate surface area is 126 Å². The number of anilines is 1. The Kier molecular flexibility index (Phi) is 3.50. The molecule has 0 unspecified atom stereocenters. The second kappa shape index (κ2) is 5.30. The fourth-order valence-electron chi connectivity index (χ4n) is 1.77. The highest BCUT2D eigenvalue weighted by atomic mass is 79.9. The molecule has 0 spiro atoms. The maximum absolute atomic E-state index is 13.1. The third-order valence-corrected chi connectivity index (χ3v) is 4.17. The number of aromatic nitrogens is 1. The molecule has 6 heteroatoms. The Bertz CT molecular complexity index is 803. The third kappa shape index (κ3) is 2.57. The molecule has 1 amide bonds. The number of hydrogen-bond acceptors (Lipinski definition) is 3. The average molecular weight is 351 g/mol. The van der Waals surface area contributed by atoms with Gasteiger partial charge >= 0.3 is 0 Å². The molecule has 1 heterocycles. The number of carbonyl (C=O) groups excluding carboxylic acids is 1. The minimum Gasteiger partial charge on any atom is -0.322 e. The molecule has 100 valence electrons. The highest BCUT2D eigenvalue weighted by molar-refractivity contribution is 9.10. The highest BCUT2D eigenvalue weighted by Crippen LogP contribution is 2.23. The topological polar surface area (TPSA) is 42.0 Å². The van der Waals surface area contributed by atoms with Crippen molar-refractivity contribution in [2.75, 3.05) is 5.32 Å². The molecule has 3 nitrogen and oxygen atoms in total. The first kappa shape index (κ1) is 13.2. The summed E-state index contributed by atoms with van der Waals surface area (Å²) in [6.45, 7) is 0. The van der Waals surface area contributed by atoms with Gasteiger partial charge in [-0.05, 0) is 52.3 Å². The van der Waals surface area contributed by atoms with Crippen LogP contribution in [0.4, 0.5) is 10.1 Å². The lowest BCUT2D eigenvalue weighted by atomic mass is 10.2. The van der Waals surface area contributed by atoms with E-state index >= 15 is 0 Å². The maximum Gasteiger partial charge on any atom is 0.255 e. The van der Waals surface area contributed by atoms with Gasteiger partial charge in [-0.3, -0.25) is 4.79 Å². The predicted octanol–water partition coefficient (Wildman–Crippen LogP) is 4.45. The molecule has 0 aliphatic carbocycles. The molecule has 0 aliphatic rings. The molecule has 1 N–H and O–H groups in total. The number of halogens is 2. The molecule has 20 heavy (non-hydrogen) atoms. The molecule has 0 saturated carbocycles. The van der Waals surface area contributed by atoms with Crippen LogP contribution in [0.1, 0.15) is 10.4 Å². The summed E-state index contributed by atoms with van der Waals surface area (Å²) in [6.07, 6.45) is 0. The highest BCUT2D eigenvalue weighted by Gasteiger charge is 2.09. The first-order valence-electron chi connectivity index (χ1n) is 5.73. The van der Waals surface area contributed by atoms with Gasteiger partial charge in [0, 0.05) is 11.3 Å². The second-order valence-corrected chi connectivity index (χ2v) is 5.86. The van der Waals surface area contributed by atoms with E-state index < -0.39 is 5.82 Å². The summed E-state index contributed by atoms with van der Waals surface area (Å²) in [6, 6.07) is 9.66. The molecular weight excluding hydrogens is 343 g/mol. The van der Waals surface area contributed by atoms with E-state index in [0.29, 0.717) is 11.3 Å². The number of hydrogen-bond donors (Lipinski definition) is 1. The smallest absolute Gasteiger partial charge is 0.255 e. The molecule has 2 aromatic carbocycles. The number of benzene rings is 2. The van der Waals surface area contributed by atoms with Crippen molar-refractivity contribution in [2.24, 2.45) is 0 Å². The van der Waals surface area contributed by atoms with Crippen molar-refractivity contribution in [3.05, 3.63) is 57.8 Å². The normalized spacial score (nSPS) is 10.7. The SMILES string of the molecule is O=C(Nc1ccc2ncsc2c1)c1ccc(F)c(Br)c1. The molecule has 0 radical (unpaired) electrons. The number of amides is 1. The molecule has 3 rings (SSSR count). The molecule has 0 saturated heterocycles. The van der Waals surface area contributed by atoms with Crippen LogP contribution in [0.15, 0.2) is 46.4 Å². The summed E-state index contributed by atoms with van der Waals surface area (Å²) >= 11 is 4.57. The summed E-state index contributed by atoms with van der Waals surface area (Å²) in [5, 5.41) is 2.78. The zero-order chi connectivity index (χ0) is 14.1. The Morgan fingerprint density at radius 3 is 2.90 bits per heavy atom. The first-order chi connectivity index (χ1) is 9.63. The first-order valence-corrected chi connectivity index (χ1v) is 7.40. The van der Waals surface area contributed by atoms with Crippen LogP contribution in [0.2, 0.25) is 0 Å². The van der Waals surface area contributed by atoms with Crippen molar-refractivity contribution in [1.82, 2.24) is 4.98 Å². The largest absolute Gasteiger partial charge is 0.322 e. The van der Waals surface area contributed by atoms with Gasteiger partial charge in [-0.2, -0.15) is 0 Å². The molecule has 3 aromatic rings. The van der Waals surface area contributed by atoms with Crippen molar-refractivity contribution in [3.8, 4) is 0 Å². The third-order valence-electron chi connectivity index (χ3n) is 2.77. The van der Waals surface area contributed by atoms with Crippen LogP contribution in [-0.2, 0) is 0 Å². The second-order valence-electron chi connectivity index (χ2n) is 4.12. The van der Waals surface area contributed by atoms with Crippen LogP contribution in [0.5, 0.6) is 0 Å². The van der Waals surface area contributed by atoms with Crippen LogP contribution in [0.3, 0.4) is 0 Å². The summed E-state index contributed by atoms with van der Waals surface area (Å²) in [5.74, 6) is -0.679. The average Bonchev–Trinajstić information content (AvgIpc) is 2.89. The molecule has 1 aromatic heterocycles. The minimum atomic E-state index is -0.396. The van der Waals surface area contributed by atoms with Gasteiger partial charge < -0.3 is 5.32 Å². The van der Waals surface area contributed by atoms with Gasteiger partial charge in [0.15, 0.2) is 0 Å². The van der Waals surface area contributed by atoms with E-state index in [1.165, 1.54) is 29.5 Å². The van der Waals surface area contributed by atoms with Gasteiger partial charge in [0.05, 0.1) is 20.2 Å². The van der Waals surface area contributed by atoms with E-state index in [4.69, 9.17) is 0 Å². The zero-order valence-electron chi connectivity index (χ0n) is 10.1. The Morgan fingerprint density at radius 2 is 2.10 bits per heavy atom. The fourth-order valence-corrected chi connectivity index (χ4v) is 2.87. The molecular formula is C14H8BrFN2OS. The summed E-state index contributed by atoms with van der Waals surface area (Å²) in [7, 11) is 0. The van der Waals surface area contributed by atoms with E-state index in [-0.39, 0.29) is 10.4 Å². The lowest BCUT2D eigenvalue weighted by molar-refractivity contribution is 0.102. The molecule has 0 bridgehead atoms. The van der Waals surface area contributed by atoms with E-state index in [2.05, 4.69) is 26.2 Å². The van der Waals surface area contributed by atoms with Crippen LogP contribution in [-0.4, -0.2) is 10.9 Å². The lowest BCUT2D eigenvalue weighted by Crippen LogP contribution is -2.11. The van der Waals surface area contributed by atoms with E-state index in [0.717, 1.165) is 10.2 Å². The standard InChI is InChI=1S/C14H8BrFN2OS/c15-10-5-8(1-3-11(10)16)14(19)18-9-2-4-12-13(6-9)20-7-17-12/h1-7H,(H,18,19). The fraction of sp³-hybridized carbons (Fsp3) is 0. The van der Waals surface area contributed by atoms with E-state index in [1.54, 1.807) is 11.6 Å². The summed E-state index contributed by atoms with van der Waals surface area (Å²) in [4.78, 5) is 16.3. The van der Waals surface area contributed by atoms with Crippen molar-refractivity contribution < 1.29 is 9.18 Å². The number of nitrogens with zero attached hydrogens (tertiary/aromatic N) is 1. The molecule has 0 fully saturated rings. The van der Waals surface area contributed by atoms with Gasteiger partial charge in [-0.15, -0.1) is 11.3 Å². The van der Waals surface area contributed by atoms with E-state index in [1.807, 2.05) is 12.1 Å². The Morgan fingerprint density at radius 1 is 1.25 bits per heavy atom. The maximum atomic E-state index is 13.1. The molecule has 0 aliphatic heterocycles. The zero-order valence-corrected chi connectivity index (χ0v) is 12.5. The summed E-state index contributed by atoms with van der Waals surface area (Å²) in [5.41, 5.74) is 3.74. The van der Waals surface area contributed by atoms with Gasteiger partial charge in [-0.1, -0.05) is 0 Å². The number of fused-ring (bicyclic) bond motifs is 1. The molecule has 0 atom stereocenters. The van der Waals surface area contributed by atoms with Gasteiger partial charge in [0.1, 0.15) is 5.82 Å². The number of nitrogens with one attached hydrogen (secondary N) is 1. The van der Waals surface area contributed by atoms with Crippen molar-refractivity contribution >= 4 is 49.1 Å². The predicted molar refractivity (Wildman–Crippen MR) is 81.7 cm³/mol. The Hall–Kier alpha value is -1.79. The number of carbonyl (C=O) groups is 1. The van der Waals surface area contributed by atoms with Crippen LogP contribution in [0.25, 0.3) is 10.2 Å². The van der Waals surface area contributed by atoms with Crippen molar-refractivity contribution in [1.29, 1.82) is 0 Å². The quantitative estimate of drug-likeness (QED) is 0.741. The van der Waals surface area contributed by atoms with Crippen LogP contribution >= 0.6 is 27.3 Å². The minimum absolute atomic E-state index is 0.267. The Balaban J connectivity index is 1.85. The van der Waals surface area contributed by atoms with Gasteiger partial charge in [0.2, 0.25) is 0 Å². The summed E-state index contributed by atoms with van der Waals surface area (Å²) < 4.78 is 14.4.